The Bertz CT molecular complexity index is 1310. The van der Waals surface area contributed by atoms with Gasteiger partial charge in [-0.3, -0.25) is 19.3 Å². The molecule has 2 aromatic heterocycles. The maximum absolute atomic E-state index is 13.6. The molecule has 1 N–H and O–H groups in total. The molecule has 2 aliphatic carbocycles. The monoisotopic (exact) mass is 464 g/mol. The summed E-state index contributed by atoms with van der Waals surface area (Å²) < 4.78 is 5.84. The van der Waals surface area contributed by atoms with E-state index >= 15 is 0 Å². The van der Waals surface area contributed by atoms with Crippen molar-refractivity contribution in [2.45, 2.75) is 29.5 Å². The van der Waals surface area contributed by atoms with Crippen LogP contribution in [0.5, 0.6) is 0 Å². The van der Waals surface area contributed by atoms with Crippen molar-refractivity contribution in [3.63, 3.8) is 0 Å². The molecule has 3 aromatic rings. The second-order valence-corrected chi connectivity index (χ2v) is 11.5. The summed E-state index contributed by atoms with van der Waals surface area (Å²) in [7, 11) is 0. The van der Waals surface area contributed by atoms with E-state index in [1.165, 1.54) is 16.2 Å². The molecule has 0 radical (unpaired) electrons. The van der Waals surface area contributed by atoms with Gasteiger partial charge in [0.2, 0.25) is 11.8 Å². The number of aryl methyl sites for hydroxylation is 1. The average Bonchev–Trinajstić information content (AvgIpc) is 3.57. The number of carbonyl (C=O) groups is 2. The van der Waals surface area contributed by atoms with Crippen LogP contribution in [0.4, 0.5) is 5.69 Å². The van der Waals surface area contributed by atoms with E-state index in [1.54, 1.807) is 18.0 Å². The number of aromatic nitrogens is 1. The number of thioether (sulfide) groups is 1. The maximum Gasteiger partial charge on any atom is 0.305 e. The third-order valence-electron chi connectivity index (χ3n) is 7.87. The average molecular weight is 465 g/mol. The Morgan fingerprint density at radius 1 is 1.03 bits per heavy atom. The highest BCUT2D eigenvalue weighted by Gasteiger charge is 2.70. The number of aromatic amines is 1. The highest BCUT2D eigenvalue weighted by atomic mass is 32.2. The van der Waals surface area contributed by atoms with Crippen molar-refractivity contribution >= 4 is 40.6 Å². The van der Waals surface area contributed by atoms with E-state index < -0.39 is 0 Å². The minimum absolute atomic E-state index is 0.0533. The lowest BCUT2D eigenvalue weighted by atomic mass is 9.69. The van der Waals surface area contributed by atoms with Crippen LogP contribution in [0.1, 0.15) is 28.5 Å². The van der Waals surface area contributed by atoms with E-state index in [0.29, 0.717) is 5.69 Å². The topological polar surface area (TPSA) is 83.4 Å². The van der Waals surface area contributed by atoms with Gasteiger partial charge < -0.3 is 9.40 Å². The lowest BCUT2D eigenvalue weighted by Crippen LogP contribution is -2.42. The van der Waals surface area contributed by atoms with E-state index in [9.17, 15) is 14.4 Å². The number of carbonyl (C=O) groups excluding carboxylic acids is 2. The fraction of sp³-hybridized carbons (Fsp3) is 0.375. The number of furan rings is 1. The van der Waals surface area contributed by atoms with E-state index in [0.717, 1.165) is 27.6 Å². The maximum atomic E-state index is 13.6. The van der Waals surface area contributed by atoms with Crippen molar-refractivity contribution in [1.29, 1.82) is 0 Å². The first-order chi connectivity index (χ1) is 15.5. The first-order valence-corrected chi connectivity index (χ1v) is 12.6. The molecule has 32 heavy (non-hydrogen) atoms. The predicted octanol–water partition coefficient (Wildman–Crippen LogP) is 4.02. The largest absolute Gasteiger partial charge is 0.469 e. The number of H-pyrrole nitrogens is 1. The van der Waals surface area contributed by atoms with Crippen LogP contribution in [0.15, 0.2) is 56.9 Å². The molecule has 8 heteroatoms. The van der Waals surface area contributed by atoms with Crippen LogP contribution >= 0.6 is 23.1 Å². The van der Waals surface area contributed by atoms with Crippen LogP contribution in [0.3, 0.4) is 0 Å². The molecule has 0 unspecified atom stereocenters. The van der Waals surface area contributed by atoms with E-state index in [1.807, 2.05) is 43.3 Å². The number of hydrogen-bond donors (Lipinski definition) is 1. The number of hydrogen-bond acceptors (Lipinski definition) is 6. The Labute approximate surface area is 192 Å². The molecule has 1 saturated heterocycles. The van der Waals surface area contributed by atoms with Crippen molar-refractivity contribution in [2.24, 2.45) is 29.6 Å². The number of anilines is 1. The highest BCUT2D eigenvalue weighted by molar-refractivity contribution is 8.00. The van der Waals surface area contributed by atoms with Gasteiger partial charge >= 0.3 is 4.87 Å². The molecule has 4 heterocycles. The minimum Gasteiger partial charge on any atom is -0.469 e. The van der Waals surface area contributed by atoms with E-state index in [4.69, 9.17) is 4.42 Å². The second kappa shape index (κ2) is 6.48. The molecule has 4 aliphatic rings. The molecule has 6 nitrogen and oxygen atoms in total. The smallest absolute Gasteiger partial charge is 0.305 e. The van der Waals surface area contributed by atoms with Crippen LogP contribution in [0.2, 0.25) is 0 Å². The quantitative estimate of drug-likeness (QED) is 0.580. The summed E-state index contributed by atoms with van der Waals surface area (Å²) in [6.07, 6.45) is 2.55. The predicted molar refractivity (Wildman–Crippen MR) is 121 cm³/mol. The molecule has 7 rings (SSSR count). The SMILES string of the molecule is Cc1ccc(N2C(=O)[C@@H]3[C@H]4C[C@H]([C@H]5Sc6[nH]c(=O)sc6[C@H](c6ccco6)[C@H]45)[C@@H]3C2=O)cc1. The summed E-state index contributed by atoms with van der Waals surface area (Å²) in [6.45, 7) is 1.99. The summed E-state index contributed by atoms with van der Waals surface area (Å²) in [5.74, 6) is 0.509. The number of fused-ring (bicyclic) bond motifs is 9. The summed E-state index contributed by atoms with van der Waals surface area (Å²) in [5, 5.41) is 1.09. The molecular weight excluding hydrogens is 444 g/mol. The molecule has 1 aromatic carbocycles. The Morgan fingerprint density at radius 3 is 2.50 bits per heavy atom. The number of amides is 2. The van der Waals surface area contributed by atoms with Gasteiger partial charge in [0.25, 0.3) is 0 Å². The van der Waals surface area contributed by atoms with Gasteiger partial charge in [0, 0.05) is 5.25 Å². The van der Waals surface area contributed by atoms with Crippen LogP contribution in [-0.4, -0.2) is 22.0 Å². The minimum atomic E-state index is -0.287. The zero-order valence-electron chi connectivity index (χ0n) is 17.2. The standard InChI is InChI=1S/C24H20N2O4S2/c1-10-4-6-11(7-5-10)26-22(27)16-12-9-13(17(16)23(26)28)19-15(12)18(14-3-2-8-30-14)20-21(31-19)25-24(29)32-20/h2-8,12-13,15-19H,9H2,1H3,(H,25,29)/t12-,13-,15-,16+,17-,18+,19+/m0/s1. The number of nitrogens with zero attached hydrogens (tertiary/aromatic N) is 1. The highest BCUT2D eigenvalue weighted by Crippen LogP contribution is 2.68. The summed E-state index contributed by atoms with van der Waals surface area (Å²) in [6, 6.07) is 11.5. The van der Waals surface area contributed by atoms with Crippen LogP contribution in [0, 0.1) is 36.5 Å². The van der Waals surface area contributed by atoms with Crippen LogP contribution < -0.4 is 9.77 Å². The first-order valence-electron chi connectivity index (χ1n) is 10.9. The van der Waals surface area contributed by atoms with Gasteiger partial charge in [0.1, 0.15) is 5.76 Å². The van der Waals surface area contributed by atoms with Gasteiger partial charge in [-0.25, -0.2) is 0 Å². The van der Waals surface area contributed by atoms with Crippen molar-refractivity contribution in [2.75, 3.05) is 4.90 Å². The van der Waals surface area contributed by atoms with Crippen LogP contribution in [-0.2, 0) is 9.59 Å². The Hall–Kier alpha value is -2.58. The third-order valence-corrected chi connectivity index (χ3v) is 10.5. The Kier molecular flexibility index (Phi) is 3.84. The summed E-state index contributed by atoms with van der Waals surface area (Å²) >= 11 is 2.94. The number of thiazole rings is 1. The van der Waals surface area contributed by atoms with Crippen molar-refractivity contribution in [3.05, 3.63) is 68.5 Å². The number of benzene rings is 1. The zero-order valence-corrected chi connectivity index (χ0v) is 18.8. The number of nitrogens with one attached hydrogen (secondary N) is 1. The lowest BCUT2D eigenvalue weighted by Gasteiger charge is -2.42. The molecule has 2 amide bonds. The zero-order chi connectivity index (χ0) is 21.7. The molecule has 2 bridgehead atoms. The Balaban J connectivity index is 1.32. The molecule has 0 spiro atoms. The van der Waals surface area contributed by atoms with Gasteiger partial charge in [0.05, 0.1) is 39.6 Å². The summed E-state index contributed by atoms with van der Waals surface area (Å²) in [5.41, 5.74) is 1.76. The molecule has 3 fully saturated rings. The van der Waals surface area contributed by atoms with Crippen molar-refractivity contribution in [3.8, 4) is 0 Å². The molecular formula is C24H20N2O4S2. The number of imide groups is 1. The van der Waals surface area contributed by atoms with Crippen LogP contribution in [0.25, 0.3) is 0 Å². The molecule has 7 atom stereocenters. The lowest BCUT2D eigenvalue weighted by molar-refractivity contribution is -0.123. The van der Waals surface area contributed by atoms with Crippen molar-refractivity contribution < 1.29 is 14.0 Å². The fourth-order valence-corrected chi connectivity index (χ4v) is 9.62. The Morgan fingerprint density at radius 2 is 1.78 bits per heavy atom. The molecule has 2 saturated carbocycles. The molecule has 162 valence electrons. The fourth-order valence-electron chi connectivity index (χ4n) is 6.75. The van der Waals surface area contributed by atoms with Gasteiger partial charge in [-0.2, -0.15) is 0 Å². The van der Waals surface area contributed by atoms with Crippen molar-refractivity contribution in [1.82, 2.24) is 4.98 Å². The van der Waals surface area contributed by atoms with E-state index in [-0.39, 0.29) is 57.4 Å². The van der Waals surface area contributed by atoms with Gasteiger partial charge in [-0.05, 0) is 55.4 Å². The summed E-state index contributed by atoms with van der Waals surface area (Å²) in [4.78, 5) is 44.7. The van der Waals surface area contributed by atoms with Gasteiger partial charge in [-0.15, -0.1) is 11.8 Å². The van der Waals surface area contributed by atoms with Gasteiger partial charge in [-0.1, -0.05) is 29.0 Å². The van der Waals surface area contributed by atoms with Gasteiger partial charge in [0.15, 0.2) is 0 Å². The third kappa shape index (κ3) is 2.34. The second-order valence-electron chi connectivity index (χ2n) is 9.32. The van der Waals surface area contributed by atoms with E-state index in [2.05, 4.69) is 4.98 Å². The molecule has 2 aliphatic heterocycles. The first kappa shape index (κ1) is 18.9. The number of rotatable bonds is 2. The normalized spacial score (nSPS) is 34.7.